The van der Waals surface area contributed by atoms with Crippen molar-refractivity contribution in [2.75, 3.05) is 26.1 Å². The van der Waals surface area contributed by atoms with Gasteiger partial charge in [-0.1, -0.05) is 17.7 Å². The quantitative estimate of drug-likeness (QED) is 0.787. The molecule has 128 valence electrons. The zero-order valence-electron chi connectivity index (χ0n) is 13.2. The number of nitrogens with one attached hydrogen (secondary N) is 2. The number of thiophene rings is 1. The molecule has 1 aromatic carbocycles. The molecule has 24 heavy (non-hydrogen) atoms. The summed E-state index contributed by atoms with van der Waals surface area (Å²) < 4.78 is 10.3. The van der Waals surface area contributed by atoms with Crippen LogP contribution in [0.3, 0.4) is 0 Å². The highest BCUT2D eigenvalue weighted by molar-refractivity contribution is 7.12. The number of carbonyl (C=O) groups is 2. The van der Waals surface area contributed by atoms with E-state index in [1.165, 1.54) is 25.6 Å². The lowest BCUT2D eigenvalue weighted by molar-refractivity contribution is -0.116. The van der Waals surface area contributed by atoms with Crippen LogP contribution in [0.1, 0.15) is 16.1 Å². The molecular formula is C16H17ClN2O4S. The van der Waals surface area contributed by atoms with Crippen molar-refractivity contribution in [2.45, 2.75) is 6.42 Å². The minimum Gasteiger partial charge on any atom is -0.495 e. The molecule has 2 rings (SSSR count). The number of hydrogen-bond donors (Lipinski definition) is 2. The molecule has 0 unspecified atom stereocenters. The molecule has 0 spiro atoms. The molecule has 2 amide bonds. The van der Waals surface area contributed by atoms with Gasteiger partial charge in [-0.05, 0) is 11.4 Å². The van der Waals surface area contributed by atoms with Crippen molar-refractivity contribution in [2.24, 2.45) is 0 Å². The molecule has 2 N–H and O–H groups in total. The van der Waals surface area contributed by atoms with Gasteiger partial charge in [0.05, 0.1) is 29.8 Å². The SMILES string of the molecule is COc1cc(NC(=O)CCNC(=O)c2cccs2)c(OC)cc1Cl. The summed E-state index contributed by atoms with van der Waals surface area (Å²) in [7, 11) is 2.97. The van der Waals surface area contributed by atoms with Gasteiger partial charge < -0.3 is 20.1 Å². The third-order valence-electron chi connectivity index (χ3n) is 3.13. The van der Waals surface area contributed by atoms with E-state index in [4.69, 9.17) is 21.1 Å². The van der Waals surface area contributed by atoms with Crippen molar-refractivity contribution in [3.05, 3.63) is 39.5 Å². The number of ether oxygens (including phenoxy) is 2. The number of halogens is 1. The van der Waals surface area contributed by atoms with Crippen LogP contribution in [-0.2, 0) is 4.79 Å². The zero-order valence-corrected chi connectivity index (χ0v) is 14.8. The average Bonchev–Trinajstić information content (AvgIpc) is 3.10. The highest BCUT2D eigenvalue weighted by Gasteiger charge is 2.13. The third kappa shape index (κ3) is 4.62. The van der Waals surface area contributed by atoms with E-state index >= 15 is 0 Å². The normalized spacial score (nSPS) is 10.1. The summed E-state index contributed by atoms with van der Waals surface area (Å²) in [5.41, 5.74) is 0.452. The van der Waals surface area contributed by atoms with Gasteiger partial charge in [0.25, 0.3) is 5.91 Å². The molecule has 8 heteroatoms. The lowest BCUT2D eigenvalue weighted by atomic mass is 10.2. The molecule has 0 radical (unpaired) electrons. The van der Waals surface area contributed by atoms with Gasteiger partial charge in [0.2, 0.25) is 5.91 Å². The van der Waals surface area contributed by atoms with Gasteiger partial charge >= 0.3 is 0 Å². The molecule has 0 saturated carbocycles. The fourth-order valence-electron chi connectivity index (χ4n) is 1.96. The Morgan fingerprint density at radius 2 is 1.96 bits per heavy atom. The van der Waals surface area contributed by atoms with Crippen LogP contribution in [0.5, 0.6) is 11.5 Å². The van der Waals surface area contributed by atoms with E-state index in [1.807, 2.05) is 5.38 Å². The first-order valence-electron chi connectivity index (χ1n) is 7.08. The Morgan fingerprint density at radius 1 is 1.21 bits per heavy atom. The Labute approximate surface area is 148 Å². The molecule has 0 aliphatic rings. The standard InChI is InChI=1S/C16H17ClN2O4S/c1-22-12-9-11(13(23-2)8-10(12)17)19-15(20)5-6-18-16(21)14-4-3-7-24-14/h3-4,7-9H,5-6H2,1-2H3,(H,18,21)(H,19,20). The number of carbonyl (C=O) groups excluding carboxylic acids is 2. The monoisotopic (exact) mass is 368 g/mol. The first kappa shape index (κ1) is 18.1. The molecular weight excluding hydrogens is 352 g/mol. The Balaban J connectivity index is 1.91. The van der Waals surface area contributed by atoms with Crippen LogP contribution in [0.2, 0.25) is 5.02 Å². The van der Waals surface area contributed by atoms with E-state index in [1.54, 1.807) is 24.3 Å². The van der Waals surface area contributed by atoms with Gasteiger partial charge in [-0.15, -0.1) is 11.3 Å². The van der Waals surface area contributed by atoms with Crippen molar-refractivity contribution in [1.82, 2.24) is 5.32 Å². The zero-order chi connectivity index (χ0) is 17.5. The first-order valence-corrected chi connectivity index (χ1v) is 8.34. The fraction of sp³-hybridized carbons (Fsp3) is 0.250. The summed E-state index contributed by atoms with van der Waals surface area (Å²) in [5, 5.41) is 7.62. The summed E-state index contributed by atoms with van der Waals surface area (Å²) in [6.45, 7) is 0.232. The van der Waals surface area contributed by atoms with Gasteiger partial charge in [-0.25, -0.2) is 0 Å². The second-order valence-corrected chi connectivity index (χ2v) is 6.07. The predicted octanol–water partition coefficient (Wildman–Crippen LogP) is 3.18. The number of amides is 2. The maximum absolute atomic E-state index is 12.0. The lowest BCUT2D eigenvalue weighted by Crippen LogP contribution is -2.27. The molecule has 0 atom stereocenters. The molecule has 1 heterocycles. The van der Waals surface area contributed by atoms with E-state index < -0.39 is 0 Å². The number of anilines is 1. The third-order valence-corrected chi connectivity index (χ3v) is 4.29. The average molecular weight is 369 g/mol. The van der Waals surface area contributed by atoms with Gasteiger partial charge in [0.1, 0.15) is 11.5 Å². The molecule has 0 aliphatic heterocycles. The van der Waals surface area contributed by atoms with E-state index in [2.05, 4.69) is 10.6 Å². The van der Waals surface area contributed by atoms with Gasteiger partial charge in [0.15, 0.2) is 0 Å². The first-order chi connectivity index (χ1) is 11.5. The Morgan fingerprint density at radius 3 is 2.58 bits per heavy atom. The van der Waals surface area contributed by atoms with Crippen LogP contribution in [0.4, 0.5) is 5.69 Å². The van der Waals surface area contributed by atoms with Crippen LogP contribution in [0.25, 0.3) is 0 Å². The molecule has 0 bridgehead atoms. The summed E-state index contributed by atoms with van der Waals surface area (Å²) in [5.74, 6) is 0.406. The van der Waals surface area contributed by atoms with Crippen molar-refractivity contribution in [3.8, 4) is 11.5 Å². The van der Waals surface area contributed by atoms with Crippen molar-refractivity contribution >= 4 is 40.4 Å². The number of hydrogen-bond acceptors (Lipinski definition) is 5. The Bertz CT molecular complexity index is 719. The van der Waals surface area contributed by atoms with Crippen LogP contribution < -0.4 is 20.1 Å². The topological polar surface area (TPSA) is 76.7 Å². The molecule has 1 aromatic heterocycles. The van der Waals surface area contributed by atoms with Crippen LogP contribution in [0, 0.1) is 0 Å². The molecule has 0 fully saturated rings. The highest BCUT2D eigenvalue weighted by atomic mass is 35.5. The van der Waals surface area contributed by atoms with E-state index in [9.17, 15) is 9.59 Å². The van der Waals surface area contributed by atoms with E-state index in [-0.39, 0.29) is 24.8 Å². The second-order valence-electron chi connectivity index (χ2n) is 4.72. The minimum atomic E-state index is -0.260. The number of methoxy groups -OCH3 is 2. The maximum atomic E-state index is 12.0. The Hall–Kier alpha value is -2.25. The van der Waals surface area contributed by atoms with Gasteiger partial charge in [0, 0.05) is 25.1 Å². The lowest BCUT2D eigenvalue weighted by Gasteiger charge is -2.13. The maximum Gasteiger partial charge on any atom is 0.261 e. The largest absolute Gasteiger partial charge is 0.495 e. The van der Waals surface area contributed by atoms with Gasteiger partial charge in [-0.2, -0.15) is 0 Å². The molecule has 0 saturated heterocycles. The van der Waals surface area contributed by atoms with Crippen LogP contribution in [-0.4, -0.2) is 32.6 Å². The summed E-state index contributed by atoms with van der Waals surface area (Å²) in [6.07, 6.45) is 0.130. The summed E-state index contributed by atoms with van der Waals surface area (Å²) in [6, 6.07) is 6.68. The van der Waals surface area contributed by atoms with Crippen molar-refractivity contribution in [3.63, 3.8) is 0 Å². The number of benzene rings is 1. The van der Waals surface area contributed by atoms with E-state index in [0.29, 0.717) is 27.1 Å². The molecule has 2 aromatic rings. The van der Waals surface area contributed by atoms with Crippen molar-refractivity contribution in [1.29, 1.82) is 0 Å². The number of rotatable bonds is 7. The summed E-state index contributed by atoms with van der Waals surface area (Å²) >= 11 is 7.37. The molecule has 6 nitrogen and oxygen atoms in total. The van der Waals surface area contributed by atoms with E-state index in [0.717, 1.165) is 0 Å². The Kier molecular flexibility index (Phi) is 6.45. The predicted molar refractivity (Wildman–Crippen MR) is 94.5 cm³/mol. The summed E-state index contributed by atoms with van der Waals surface area (Å²) in [4.78, 5) is 24.4. The highest BCUT2D eigenvalue weighted by Crippen LogP contribution is 2.35. The van der Waals surface area contributed by atoms with Crippen LogP contribution in [0.15, 0.2) is 29.6 Å². The fourth-order valence-corrected chi connectivity index (χ4v) is 2.83. The second kappa shape index (κ2) is 8.56. The van der Waals surface area contributed by atoms with Crippen LogP contribution >= 0.6 is 22.9 Å². The minimum absolute atomic E-state index is 0.130. The molecule has 0 aliphatic carbocycles. The van der Waals surface area contributed by atoms with Crippen molar-refractivity contribution < 1.29 is 19.1 Å². The smallest absolute Gasteiger partial charge is 0.261 e. The van der Waals surface area contributed by atoms with Gasteiger partial charge in [-0.3, -0.25) is 9.59 Å².